The summed E-state index contributed by atoms with van der Waals surface area (Å²) in [6.45, 7) is 8.28. The van der Waals surface area contributed by atoms with Crippen molar-refractivity contribution in [1.82, 2.24) is 0 Å². The molecule has 0 spiro atoms. The second-order valence-electron chi connectivity index (χ2n) is 5.08. The number of nitrogens with zero attached hydrogens (tertiary/aromatic N) is 3. The molecule has 0 aliphatic carbocycles. The third kappa shape index (κ3) is 8.10. The van der Waals surface area contributed by atoms with Gasteiger partial charge in [-0.25, -0.2) is 4.79 Å². The van der Waals surface area contributed by atoms with Crippen LogP contribution in [0.25, 0.3) is 10.4 Å². The lowest BCUT2D eigenvalue weighted by Crippen LogP contribution is -2.33. The van der Waals surface area contributed by atoms with Crippen LogP contribution in [0.15, 0.2) is 5.11 Å². The molecule has 0 saturated heterocycles. The molecular weight excluding hydrogens is 226 g/mol. The third-order valence-electron chi connectivity index (χ3n) is 1.48. The average molecular weight is 243 g/mol. The topological polar surface area (TPSA) is 101 Å². The van der Waals surface area contributed by atoms with E-state index in [1.807, 2.05) is 0 Å². The smallest absolute Gasteiger partial charge is 0.397 e. The first-order chi connectivity index (χ1) is 7.56. The standard InChI is InChI=1S/C10H17N3O4/c1-9(2,3)16-7(14)6-10(4,5)17-8(15)12-13-11/h6H2,1-5H3. The van der Waals surface area contributed by atoms with Crippen LogP contribution in [-0.2, 0) is 14.3 Å². The van der Waals surface area contributed by atoms with Crippen LogP contribution >= 0.6 is 0 Å². The quantitative estimate of drug-likeness (QED) is 0.329. The molecule has 0 rings (SSSR count). The van der Waals surface area contributed by atoms with Gasteiger partial charge in [-0.15, -0.1) is 0 Å². The van der Waals surface area contributed by atoms with E-state index in [9.17, 15) is 9.59 Å². The Balaban J connectivity index is 4.39. The van der Waals surface area contributed by atoms with Gasteiger partial charge in [-0.3, -0.25) is 4.79 Å². The molecular formula is C10H17N3O4. The molecule has 0 aliphatic heterocycles. The number of carbonyl (C=O) groups is 2. The van der Waals surface area contributed by atoms with Crippen LogP contribution in [0.3, 0.4) is 0 Å². The summed E-state index contributed by atoms with van der Waals surface area (Å²) in [6.07, 6.45) is -1.18. The van der Waals surface area contributed by atoms with E-state index in [1.54, 1.807) is 20.8 Å². The number of hydrogen-bond acceptors (Lipinski definition) is 4. The van der Waals surface area contributed by atoms with Gasteiger partial charge in [-0.1, -0.05) is 0 Å². The monoisotopic (exact) mass is 243 g/mol. The van der Waals surface area contributed by atoms with Crippen LogP contribution in [0.1, 0.15) is 41.0 Å². The summed E-state index contributed by atoms with van der Waals surface area (Å²) >= 11 is 0. The molecule has 0 heterocycles. The minimum atomic E-state index is -1.08. The zero-order chi connectivity index (χ0) is 13.7. The van der Waals surface area contributed by atoms with Gasteiger partial charge in [0.2, 0.25) is 0 Å². The van der Waals surface area contributed by atoms with E-state index in [-0.39, 0.29) is 6.42 Å². The molecule has 0 aromatic rings. The number of amides is 1. The molecule has 0 saturated carbocycles. The summed E-state index contributed by atoms with van der Waals surface area (Å²) in [5.41, 5.74) is 6.36. The first-order valence-corrected chi connectivity index (χ1v) is 5.06. The van der Waals surface area contributed by atoms with E-state index >= 15 is 0 Å². The number of carbonyl (C=O) groups excluding carboxylic acids is 2. The van der Waals surface area contributed by atoms with Gasteiger partial charge in [-0.05, 0) is 40.1 Å². The zero-order valence-electron chi connectivity index (χ0n) is 10.7. The van der Waals surface area contributed by atoms with Crippen molar-refractivity contribution in [3.63, 3.8) is 0 Å². The maximum atomic E-state index is 11.5. The van der Waals surface area contributed by atoms with Crippen LogP contribution in [0.2, 0.25) is 0 Å². The zero-order valence-corrected chi connectivity index (χ0v) is 10.7. The molecule has 0 N–H and O–H groups in total. The van der Waals surface area contributed by atoms with Gasteiger partial charge in [0, 0.05) is 10.0 Å². The molecule has 96 valence electrons. The predicted octanol–water partition coefficient (Wildman–Crippen LogP) is 2.94. The number of hydrogen-bond donors (Lipinski definition) is 0. The summed E-state index contributed by atoms with van der Waals surface area (Å²) in [4.78, 5) is 24.7. The molecule has 1 amide bonds. The molecule has 0 unspecified atom stereocenters. The van der Waals surface area contributed by atoms with Crippen molar-refractivity contribution >= 4 is 12.1 Å². The van der Waals surface area contributed by atoms with Crippen molar-refractivity contribution in [2.75, 3.05) is 0 Å². The van der Waals surface area contributed by atoms with Crippen LogP contribution < -0.4 is 0 Å². The summed E-state index contributed by atoms with van der Waals surface area (Å²) < 4.78 is 9.88. The molecule has 0 aromatic carbocycles. The SMILES string of the molecule is CC(C)(C)OC(=O)CC(C)(C)OC(=O)N=[N+]=[N-]. The molecule has 7 nitrogen and oxygen atoms in total. The van der Waals surface area contributed by atoms with Crippen molar-refractivity contribution in [2.45, 2.75) is 52.2 Å². The first-order valence-electron chi connectivity index (χ1n) is 5.06. The van der Waals surface area contributed by atoms with E-state index in [0.29, 0.717) is 0 Å². The minimum Gasteiger partial charge on any atom is -0.460 e. The summed E-state index contributed by atoms with van der Waals surface area (Å²) in [5, 5.41) is 2.76. The van der Waals surface area contributed by atoms with Gasteiger partial charge < -0.3 is 9.47 Å². The van der Waals surface area contributed by atoms with Crippen LogP contribution in [0.4, 0.5) is 4.79 Å². The number of azide groups is 1. The minimum absolute atomic E-state index is 0.114. The first kappa shape index (κ1) is 15.2. The fourth-order valence-electron chi connectivity index (χ4n) is 1.05. The molecule has 0 aromatic heterocycles. The Morgan fingerprint density at radius 2 is 1.71 bits per heavy atom. The molecule has 0 atom stereocenters. The average Bonchev–Trinajstić information content (AvgIpc) is 1.96. The van der Waals surface area contributed by atoms with Crippen LogP contribution in [0.5, 0.6) is 0 Å². The maximum Gasteiger partial charge on any atom is 0.397 e. The van der Waals surface area contributed by atoms with Gasteiger partial charge >= 0.3 is 12.1 Å². The van der Waals surface area contributed by atoms with Gasteiger partial charge in [-0.2, -0.15) is 0 Å². The number of rotatable bonds is 3. The molecule has 0 fully saturated rings. The Morgan fingerprint density at radius 3 is 2.12 bits per heavy atom. The lowest BCUT2D eigenvalue weighted by atomic mass is 10.1. The summed E-state index contributed by atoms with van der Waals surface area (Å²) in [6, 6.07) is 0. The van der Waals surface area contributed by atoms with E-state index < -0.39 is 23.3 Å². The van der Waals surface area contributed by atoms with Crippen LogP contribution in [0, 0.1) is 0 Å². The van der Waals surface area contributed by atoms with E-state index in [0.717, 1.165) is 0 Å². The highest BCUT2D eigenvalue weighted by Gasteiger charge is 2.29. The Morgan fingerprint density at radius 1 is 1.18 bits per heavy atom. The lowest BCUT2D eigenvalue weighted by Gasteiger charge is -2.26. The van der Waals surface area contributed by atoms with Crippen molar-refractivity contribution in [1.29, 1.82) is 0 Å². The van der Waals surface area contributed by atoms with Gasteiger partial charge in [0.25, 0.3) is 0 Å². The summed E-state index contributed by atoms with van der Waals surface area (Å²) in [7, 11) is 0. The highest BCUT2D eigenvalue weighted by atomic mass is 16.6. The molecule has 7 heteroatoms. The second-order valence-corrected chi connectivity index (χ2v) is 5.08. The highest BCUT2D eigenvalue weighted by molar-refractivity contribution is 5.73. The highest BCUT2D eigenvalue weighted by Crippen LogP contribution is 2.18. The Hall–Kier alpha value is -1.75. The third-order valence-corrected chi connectivity index (χ3v) is 1.48. The van der Waals surface area contributed by atoms with E-state index in [1.165, 1.54) is 13.8 Å². The molecule has 0 aliphatic rings. The molecule has 17 heavy (non-hydrogen) atoms. The van der Waals surface area contributed by atoms with Gasteiger partial charge in [0.15, 0.2) is 0 Å². The van der Waals surface area contributed by atoms with Gasteiger partial charge in [0.05, 0.1) is 6.42 Å². The normalized spacial score (nSPS) is 11.4. The Labute approximate surface area is 99.7 Å². The predicted molar refractivity (Wildman–Crippen MR) is 60.2 cm³/mol. The number of esters is 1. The van der Waals surface area contributed by atoms with Crippen molar-refractivity contribution in [3.8, 4) is 0 Å². The molecule has 0 radical (unpaired) electrons. The van der Waals surface area contributed by atoms with E-state index in [2.05, 4.69) is 10.0 Å². The van der Waals surface area contributed by atoms with Crippen molar-refractivity contribution in [2.24, 2.45) is 5.11 Å². The second kappa shape index (κ2) is 5.54. The van der Waals surface area contributed by atoms with Crippen molar-refractivity contribution in [3.05, 3.63) is 10.4 Å². The van der Waals surface area contributed by atoms with E-state index in [4.69, 9.17) is 15.0 Å². The fourth-order valence-corrected chi connectivity index (χ4v) is 1.05. The van der Waals surface area contributed by atoms with Gasteiger partial charge in [0.1, 0.15) is 11.2 Å². The maximum absolute atomic E-state index is 11.5. The Bertz CT molecular complexity index is 351. The lowest BCUT2D eigenvalue weighted by molar-refractivity contribution is -0.159. The summed E-state index contributed by atoms with van der Waals surface area (Å²) in [5.74, 6) is -0.490. The largest absolute Gasteiger partial charge is 0.460 e. The molecule has 0 bridgehead atoms. The number of ether oxygens (including phenoxy) is 2. The Kier molecular flexibility index (Phi) is 4.97. The van der Waals surface area contributed by atoms with Crippen LogP contribution in [-0.4, -0.2) is 23.3 Å². The van der Waals surface area contributed by atoms with Crippen molar-refractivity contribution < 1.29 is 19.1 Å². The fraction of sp³-hybridized carbons (Fsp3) is 0.800.